The number of halogens is 3. The summed E-state index contributed by atoms with van der Waals surface area (Å²) in [5.41, 5.74) is -3.89. The molecule has 0 unspecified atom stereocenters. The van der Waals surface area contributed by atoms with Crippen molar-refractivity contribution in [1.82, 2.24) is 20.9 Å². The van der Waals surface area contributed by atoms with Crippen LogP contribution < -0.4 is 20.7 Å². The maximum atomic E-state index is 14.0. The van der Waals surface area contributed by atoms with Crippen LogP contribution in [0.3, 0.4) is 0 Å². The number of hydrogen-bond donors (Lipinski definition) is 4. The first kappa shape index (κ1) is 35.6. The molecule has 1 aliphatic carbocycles. The van der Waals surface area contributed by atoms with Gasteiger partial charge in [-0.1, -0.05) is 25.0 Å². The summed E-state index contributed by atoms with van der Waals surface area (Å²) in [7, 11) is 1.07. The van der Waals surface area contributed by atoms with Crippen molar-refractivity contribution in [3.8, 4) is 5.75 Å². The number of allylic oxidation sites excluding steroid dienone is 1. The van der Waals surface area contributed by atoms with Gasteiger partial charge in [0.05, 0.1) is 12.7 Å². The second kappa shape index (κ2) is 13.8. The molecule has 0 bridgehead atoms. The number of ether oxygens (including phenoxy) is 2. The average molecular weight is 667 g/mol. The van der Waals surface area contributed by atoms with Crippen LogP contribution in [-0.2, 0) is 25.3 Å². The molecule has 1 aromatic carbocycles. The third-order valence-corrected chi connectivity index (χ3v) is 8.45. The van der Waals surface area contributed by atoms with E-state index in [1.807, 2.05) is 6.08 Å². The van der Waals surface area contributed by atoms with Gasteiger partial charge in [-0.05, 0) is 71.1 Å². The van der Waals surface area contributed by atoms with Crippen molar-refractivity contribution in [1.29, 1.82) is 0 Å². The van der Waals surface area contributed by atoms with Crippen LogP contribution in [0.4, 0.5) is 18.0 Å². The Bertz CT molecular complexity index is 1430. The number of carboxylic acids is 1. The number of nitrogens with zero attached hydrogens (tertiary/aromatic N) is 1. The largest absolute Gasteiger partial charge is 0.496 e. The molecule has 4 rings (SSSR count). The maximum Gasteiger partial charge on any atom is 0.419 e. The number of alkyl halides is 3. The van der Waals surface area contributed by atoms with Gasteiger partial charge in [-0.15, -0.1) is 0 Å². The Morgan fingerprint density at radius 1 is 1.09 bits per heavy atom. The van der Waals surface area contributed by atoms with Gasteiger partial charge in [0, 0.05) is 24.1 Å². The van der Waals surface area contributed by atoms with Crippen LogP contribution in [0.1, 0.15) is 81.6 Å². The number of alkyl carbamates (subject to hydrolysis) is 1. The van der Waals surface area contributed by atoms with Crippen molar-refractivity contribution in [2.45, 2.75) is 101 Å². The molecule has 4 amide bonds. The molecule has 2 aliphatic heterocycles. The summed E-state index contributed by atoms with van der Waals surface area (Å²) in [4.78, 5) is 67.1. The summed E-state index contributed by atoms with van der Waals surface area (Å²) >= 11 is 0. The third kappa shape index (κ3) is 8.55. The highest BCUT2D eigenvalue weighted by Gasteiger charge is 2.61. The zero-order valence-electron chi connectivity index (χ0n) is 26.7. The number of carbonyl (C=O) groups excluding carboxylic acids is 4. The molecule has 2 fully saturated rings. The quantitative estimate of drug-likeness (QED) is 0.345. The minimum atomic E-state index is -4.80. The summed E-state index contributed by atoms with van der Waals surface area (Å²) < 4.78 is 50.9. The Morgan fingerprint density at radius 2 is 1.81 bits per heavy atom. The number of fused-ring (bicyclic) bond motifs is 2. The number of carboxylic acid groups (broad SMARTS) is 1. The lowest BCUT2D eigenvalue weighted by atomic mass is 10.0. The molecule has 0 aromatic heterocycles. The van der Waals surface area contributed by atoms with E-state index >= 15 is 0 Å². The molecule has 4 N–H and O–H groups in total. The number of nitrogens with one attached hydrogen (secondary N) is 3. The molecule has 1 saturated carbocycles. The van der Waals surface area contributed by atoms with Crippen LogP contribution in [0.2, 0.25) is 0 Å². The Labute approximate surface area is 270 Å². The molecular weight excluding hydrogens is 625 g/mol. The van der Waals surface area contributed by atoms with Crippen molar-refractivity contribution >= 4 is 29.8 Å². The molecule has 2 heterocycles. The van der Waals surface area contributed by atoms with E-state index in [9.17, 15) is 42.3 Å². The van der Waals surface area contributed by atoms with E-state index in [1.165, 1.54) is 4.90 Å². The molecular formula is C32H41F3N4O8. The van der Waals surface area contributed by atoms with Crippen LogP contribution in [0, 0.1) is 5.92 Å². The first-order valence-corrected chi connectivity index (χ1v) is 15.5. The van der Waals surface area contributed by atoms with E-state index < -0.39 is 82.5 Å². The highest BCUT2D eigenvalue weighted by molar-refractivity contribution is 5.97. The smallest absolute Gasteiger partial charge is 0.419 e. The van der Waals surface area contributed by atoms with E-state index in [1.54, 1.807) is 26.8 Å². The zero-order valence-corrected chi connectivity index (χ0v) is 26.7. The topological polar surface area (TPSA) is 163 Å². The second-order valence-corrected chi connectivity index (χ2v) is 13.2. The normalized spacial score (nSPS) is 26.9. The van der Waals surface area contributed by atoms with Gasteiger partial charge >= 0.3 is 18.2 Å². The highest BCUT2D eigenvalue weighted by Crippen LogP contribution is 2.45. The lowest BCUT2D eigenvalue weighted by molar-refractivity contribution is -0.145. The number of rotatable bonds is 5. The Hall–Kier alpha value is -4.30. The predicted octanol–water partition coefficient (Wildman–Crippen LogP) is 3.79. The molecule has 12 nitrogen and oxygen atoms in total. The van der Waals surface area contributed by atoms with Crippen molar-refractivity contribution < 1.29 is 51.7 Å². The van der Waals surface area contributed by atoms with Crippen LogP contribution in [0.15, 0.2) is 30.4 Å². The maximum absolute atomic E-state index is 14.0. The molecule has 1 saturated heterocycles. The molecule has 47 heavy (non-hydrogen) atoms. The Morgan fingerprint density at radius 3 is 2.45 bits per heavy atom. The highest BCUT2D eigenvalue weighted by atomic mass is 19.4. The summed E-state index contributed by atoms with van der Waals surface area (Å²) in [5.74, 6) is -4.42. The molecule has 15 heteroatoms. The summed E-state index contributed by atoms with van der Waals surface area (Å²) in [6.45, 7) is 4.77. The summed E-state index contributed by atoms with van der Waals surface area (Å²) in [6, 6.07) is -0.411. The molecule has 5 atom stereocenters. The number of carbonyl (C=O) groups is 5. The zero-order chi connectivity index (χ0) is 34.7. The van der Waals surface area contributed by atoms with E-state index in [-0.39, 0.29) is 31.4 Å². The van der Waals surface area contributed by atoms with Gasteiger partial charge < -0.3 is 35.4 Å². The molecule has 1 aromatic rings. The molecule has 0 radical (unpaired) electrons. The fourth-order valence-corrected chi connectivity index (χ4v) is 5.99. The van der Waals surface area contributed by atoms with Crippen LogP contribution in [-0.4, -0.2) is 82.7 Å². The van der Waals surface area contributed by atoms with Gasteiger partial charge in [-0.3, -0.25) is 14.4 Å². The van der Waals surface area contributed by atoms with Gasteiger partial charge in [0.2, 0.25) is 11.8 Å². The predicted molar refractivity (Wildman–Crippen MR) is 161 cm³/mol. The SMILES string of the molecule is COc1ccc(C(=O)N[C@@H]2C[C@H]3C(=O)N[C@]4(C(=O)O)C[C@H]4C=CCCCCC[C@H](NC(=O)OC(C)(C)C)C(=O)N3C2)cc1C(F)(F)F. The monoisotopic (exact) mass is 666 g/mol. The number of benzene rings is 1. The summed E-state index contributed by atoms with van der Waals surface area (Å²) in [5, 5.41) is 17.8. The fourth-order valence-electron chi connectivity index (χ4n) is 5.99. The van der Waals surface area contributed by atoms with E-state index in [2.05, 4.69) is 16.0 Å². The Kier molecular flexibility index (Phi) is 10.5. The van der Waals surface area contributed by atoms with Crippen LogP contribution >= 0.6 is 0 Å². The third-order valence-electron chi connectivity index (χ3n) is 8.45. The van der Waals surface area contributed by atoms with Crippen molar-refractivity contribution in [3.63, 3.8) is 0 Å². The molecule has 258 valence electrons. The van der Waals surface area contributed by atoms with Gasteiger partial charge in [0.25, 0.3) is 5.91 Å². The lowest BCUT2D eigenvalue weighted by Crippen LogP contribution is -2.56. The lowest BCUT2D eigenvalue weighted by Gasteiger charge is -2.30. The number of hydrogen-bond acceptors (Lipinski definition) is 7. The molecule has 0 spiro atoms. The van der Waals surface area contributed by atoms with Crippen molar-refractivity contribution in [2.24, 2.45) is 5.92 Å². The minimum absolute atomic E-state index is 0.152. The first-order valence-electron chi connectivity index (χ1n) is 15.5. The van der Waals surface area contributed by atoms with Crippen molar-refractivity contribution in [3.05, 3.63) is 41.5 Å². The summed E-state index contributed by atoms with van der Waals surface area (Å²) in [6.07, 6.45) is 0.918. The number of amides is 4. The van der Waals surface area contributed by atoms with E-state index in [0.29, 0.717) is 25.3 Å². The van der Waals surface area contributed by atoms with Crippen LogP contribution in [0.5, 0.6) is 5.75 Å². The average Bonchev–Trinajstić information content (AvgIpc) is 3.51. The Balaban J connectivity index is 1.62. The second-order valence-electron chi connectivity index (χ2n) is 13.2. The standard InChI is InChI=1S/C32H41F3N4O8/c1-30(2,3)47-29(45)37-22-11-9-7-5-6-8-10-19-16-31(19,28(43)44)38-26(41)23-15-20(17-39(23)27(22)42)36-25(40)18-12-13-24(46-4)21(14-18)32(33,34)35/h8,10,12-14,19-20,22-23H,5-7,9,11,15-17H2,1-4H3,(H,36,40)(H,37,45)(H,38,41)(H,43,44)/t19-,20-,22+,23+,31-/m1/s1. The van der Waals surface area contributed by atoms with Gasteiger partial charge in [0.15, 0.2) is 0 Å². The minimum Gasteiger partial charge on any atom is -0.496 e. The van der Waals surface area contributed by atoms with E-state index in [0.717, 1.165) is 25.7 Å². The van der Waals surface area contributed by atoms with Crippen molar-refractivity contribution in [2.75, 3.05) is 13.7 Å². The number of methoxy groups -OCH3 is 1. The van der Waals surface area contributed by atoms with Gasteiger partial charge in [0.1, 0.15) is 29.0 Å². The van der Waals surface area contributed by atoms with E-state index in [4.69, 9.17) is 9.47 Å². The first-order chi connectivity index (χ1) is 21.9. The van der Waals surface area contributed by atoms with Crippen LogP contribution in [0.25, 0.3) is 0 Å². The molecule has 3 aliphatic rings. The number of aliphatic carboxylic acids is 1. The fraction of sp³-hybridized carbons (Fsp3) is 0.594. The van der Waals surface area contributed by atoms with Gasteiger partial charge in [-0.2, -0.15) is 13.2 Å². The van der Waals surface area contributed by atoms with Gasteiger partial charge in [-0.25, -0.2) is 9.59 Å².